The standard InChI is InChI=1S/C21H17N5O6S/c27-18(15-5-2-8-25(15)20(28)13-3-1-4-14(9-13)26(29)30)22-21-24-23-19(33-21)12-6-7-16-17(10-12)32-11-31-16/h1,3-4,6-7,9-10,15H,2,5,8,11H2,(H,22,24,27). The summed E-state index contributed by atoms with van der Waals surface area (Å²) in [5.74, 6) is 0.482. The Morgan fingerprint density at radius 2 is 2.00 bits per heavy atom. The summed E-state index contributed by atoms with van der Waals surface area (Å²) in [4.78, 5) is 37.8. The Labute approximate surface area is 191 Å². The third kappa shape index (κ3) is 4.07. The lowest BCUT2D eigenvalue weighted by molar-refractivity contribution is -0.384. The average Bonchev–Trinajstić information content (AvgIpc) is 3.58. The Bertz CT molecular complexity index is 1260. The minimum absolute atomic E-state index is 0.170. The molecular weight excluding hydrogens is 450 g/mol. The van der Waals surface area contributed by atoms with Crippen molar-refractivity contribution in [2.24, 2.45) is 0 Å². The van der Waals surface area contributed by atoms with Crippen LogP contribution in [0.5, 0.6) is 11.5 Å². The highest BCUT2D eigenvalue weighted by atomic mass is 32.1. The van der Waals surface area contributed by atoms with Crippen LogP contribution in [-0.2, 0) is 4.79 Å². The number of hydrogen-bond acceptors (Lipinski definition) is 9. The number of carbonyl (C=O) groups is 2. The highest BCUT2D eigenvalue weighted by Crippen LogP contribution is 2.37. The van der Waals surface area contributed by atoms with Crippen molar-refractivity contribution in [3.8, 4) is 22.1 Å². The van der Waals surface area contributed by atoms with Crippen molar-refractivity contribution in [2.45, 2.75) is 18.9 Å². The van der Waals surface area contributed by atoms with Gasteiger partial charge in [0.15, 0.2) is 11.5 Å². The minimum Gasteiger partial charge on any atom is -0.454 e. The number of nitrogens with zero attached hydrogens (tertiary/aromatic N) is 4. The van der Waals surface area contributed by atoms with Crippen LogP contribution in [0.2, 0.25) is 0 Å². The molecule has 1 fully saturated rings. The van der Waals surface area contributed by atoms with Crippen molar-refractivity contribution >= 4 is 34.0 Å². The van der Waals surface area contributed by atoms with Gasteiger partial charge in [-0.2, -0.15) is 0 Å². The fraction of sp³-hybridized carbons (Fsp3) is 0.238. The van der Waals surface area contributed by atoms with Gasteiger partial charge in [0.1, 0.15) is 11.0 Å². The van der Waals surface area contributed by atoms with Gasteiger partial charge in [-0.25, -0.2) is 0 Å². The quantitative estimate of drug-likeness (QED) is 0.446. The zero-order valence-corrected chi connectivity index (χ0v) is 17.9. The summed E-state index contributed by atoms with van der Waals surface area (Å²) in [6.07, 6.45) is 1.14. The number of hydrogen-bond donors (Lipinski definition) is 1. The summed E-state index contributed by atoms with van der Waals surface area (Å²) in [5.41, 5.74) is 0.774. The van der Waals surface area contributed by atoms with Crippen molar-refractivity contribution < 1.29 is 24.0 Å². The second kappa shape index (κ2) is 8.47. The van der Waals surface area contributed by atoms with Crippen LogP contribution in [-0.4, -0.2) is 51.2 Å². The molecule has 12 heteroatoms. The van der Waals surface area contributed by atoms with Gasteiger partial charge >= 0.3 is 0 Å². The molecule has 0 bridgehead atoms. The summed E-state index contributed by atoms with van der Waals surface area (Å²) in [6.45, 7) is 0.557. The van der Waals surface area contributed by atoms with Gasteiger partial charge in [0.2, 0.25) is 17.8 Å². The van der Waals surface area contributed by atoms with Gasteiger partial charge in [0.25, 0.3) is 11.6 Å². The molecule has 0 saturated carbocycles. The average molecular weight is 467 g/mol. The van der Waals surface area contributed by atoms with Crippen LogP contribution in [0.15, 0.2) is 42.5 Å². The molecule has 0 radical (unpaired) electrons. The van der Waals surface area contributed by atoms with Crippen molar-refractivity contribution in [3.05, 3.63) is 58.1 Å². The number of nitro benzene ring substituents is 1. The van der Waals surface area contributed by atoms with E-state index in [-0.39, 0.29) is 24.0 Å². The molecule has 1 N–H and O–H groups in total. The predicted octanol–water partition coefficient (Wildman–Crippen LogP) is 3.09. The van der Waals surface area contributed by atoms with E-state index < -0.39 is 16.9 Å². The molecule has 168 valence electrons. The van der Waals surface area contributed by atoms with Gasteiger partial charge in [-0.1, -0.05) is 17.4 Å². The predicted molar refractivity (Wildman–Crippen MR) is 117 cm³/mol. The molecule has 5 rings (SSSR count). The van der Waals surface area contributed by atoms with Crippen molar-refractivity contribution in [1.82, 2.24) is 15.1 Å². The van der Waals surface area contributed by atoms with Crippen LogP contribution < -0.4 is 14.8 Å². The second-order valence-electron chi connectivity index (χ2n) is 7.43. The number of nitro groups is 1. The number of carbonyl (C=O) groups excluding carboxylic acids is 2. The first-order chi connectivity index (χ1) is 16.0. The molecule has 2 aromatic carbocycles. The SMILES string of the molecule is O=C(Nc1nnc(-c2ccc3c(c2)OCO3)s1)C1CCCN1C(=O)c1cccc([N+](=O)[O-])c1. The molecule has 0 spiro atoms. The number of non-ortho nitro benzene ring substituents is 1. The van der Waals surface area contributed by atoms with Crippen LogP contribution in [0.4, 0.5) is 10.8 Å². The smallest absolute Gasteiger partial charge is 0.270 e. The van der Waals surface area contributed by atoms with E-state index in [2.05, 4.69) is 15.5 Å². The maximum atomic E-state index is 12.9. The monoisotopic (exact) mass is 467 g/mol. The number of rotatable bonds is 5. The molecule has 2 amide bonds. The Morgan fingerprint density at radius 1 is 1.15 bits per heavy atom. The molecule has 1 unspecified atom stereocenters. The van der Waals surface area contributed by atoms with Crippen LogP contribution >= 0.6 is 11.3 Å². The lowest BCUT2D eigenvalue weighted by Gasteiger charge is -2.23. The zero-order valence-electron chi connectivity index (χ0n) is 17.1. The van der Waals surface area contributed by atoms with Crippen LogP contribution in [0, 0.1) is 10.1 Å². The molecule has 1 aromatic heterocycles. The van der Waals surface area contributed by atoms with E-state index >= 15 is 0 Å². The van der Waals surface area contributed by atoms with E-state index in [1.54, 1.807) is 12.1 Å². The highest BCUT2D eigenvalue weighted by Gasteiger charge is 2.35. The van der Waals surface area contributed by atoms with E-state index in [1.807, 2.05) is 6.07 Å². The van der Waals surface area contributed by atoms with Crippen molar-refractivity contribution in [2.75, 3.05) is 18.7 Å². The van der Waals surface area contributed by atoms with Crippen LogP contribution in [0.3, 0.4) is 0 Å². The summed E-state index contributed by atoms with van der Waals surface area (Å²) < 4.78 is 10.7. The first-order valence-electron chi connectivity index (χ1n) is 10.1. The number of fused-ring (bicyclic) bond motifs is 1. The summed E-state index contributed by atoms with van der Waals surface area (Å²) >= 11 is 1.20. The Hall–Kier alpha value is -4.06. The van der Waals surface area contributed by atoms with Gasteiger partial charge in [-0.05, 0) is 37.1 Å². The third-order valence-corrected chi connectivity index (χ3v) is 6.28. The topological polar surface area (TPSA) is 137 Å². The molecule has 11 nitrogen and oxygen atoms in total. The molecule has 0 aliphatic carbocycles. The van der Waals surface area contributed by atoms with Crippen LogP contribution in [0.1, 0.15) is 23.2 Å². The molecule has 3 heterocycles. The van der Waals surface area contributed by atoms with E-state index in [1.165, 1.54) is 40.5 Å². The van der Waals surface area contributed by atoms with Crippen molar-refractivity contribution in [3.63, 3.8) is 0 Å². The highest BCUT2D eigenvalue weighted by molar-refractivity contribution is 7.18. The molecule has 33 heavy (non-hydrogen) atoms. The number of ether oxygens (including phenoxy) is 2. The summed E-state index contributed by atoms with van der Waals surface area (Å²) in [5, 5.41) is 22.8. The molecule has 1 atom stereocenters. The fourth-order valence-electron chi connectivity index (χ4n) is 3.81. The first kappa shape index (κ1) is 20.8. The van der Waals surface area contributed by atoms with Gasteiger partial charge in [-0.15, -0.1) is 10.2 Å². The largest absolute Gasteiger partial charge is 0.454 e. The molecule has 2 aliphatic rings. The number of nitrogens with one attached hydrogen (secondary N) is 1. The zero-order chi connectivity index (χ0) is 22.9. The fourth-order valence-corrected chi connectivity index (χ4v) is 4.55. The van der Waals surface area contributed by atoms with Crippen molar-refractivity contribution in [1.29, 1.82) is 0 Å². The molecular formula is C21H17N5O6S. The first-order valence-corrected chi connectivity index (χ1v) is 10.9. The maximum Gasteiger partial charge on any atom is 0.270 e. The van der Waals surface area contributed by atoms with Gasteiger partial charge in [0, 0.05) is 29.8 Å². The number of amides is 2. The third-order valence-electron chi connectivity index (χ3n) is 5.39. The summed E-state index contributed by atoms with van der Waals surface area (Å²) in [6, 6.07) is 10.2. The Balaban J connectivity index is 1.29. The second-order valence-corrected chi connectivity index (χ2v) is 8.41. The maximum absolute atomic E-state index is 12.9. The number of benzene rings is 2. The van der Waals surface area contributed by atoms with E-state index in [0.717, 1.165) is 5.56 Å². The minimum atomic E-state index is -0.699. The van der Waals surface area contributed by atoms with Crippen LogP contribution in [0.25, 0.3) is 10.6 Å². The molecule has 1 saturated heterocycles. The lowest BCUT2D eigenvalue weighted by Crippen LogP contribution is -2.43. The van der Waals surface area contributed by atoms with E-state index in [9.17, 15) is 19.7 Å². The van der Waals surface area contributed by atoms with E-state index in [0.29, 0.717) is 41.0 Å². The Morgan fingerprint density at radius 3 is 2.85 bits per heavy atom. The van der Waals surface area contributed by atoms with Gasteiger partial charge < -0.3 is 14.4 Å². The number of anilines is 1. The van der Waals surface area contributed by atoms with Gasteiger partial charge in [0.05, 0.1) is 4.92 Å². The molecule has 2 aliphatic heterocycles. The number of likely N-dealkylation sites (tertiary alicyclic amines) is 1. The normalized spacial score (nSPS) is 16.6. The number of aromatic nitrogens is 2. The van der Waals surface area contributed by atoms with E-state index in [4.69, 9.17) is 9.47 Å². The Kier molecular flexibility index (Phi) is 5.34. The molecule has 3 aromatic rings. The lowest BCUT2D eigenvalue weighted by atomic mass is 10.1. The summed E-state index contributed by atoms with van der Waals surface area (Å²) in [7, 11) is 0. The van der Waals surface area contributed by atoms with Gasteiger partial charge in [-0.3, -0.25) is 25.0 Å².